The lowest BCUT2D eigenvalue weighted by Crippen LogP contribution is -2.33. The molecule has 2 aliphatic rings. The van der Waals surface area contributed by atoms with E-state index in [9.17, 15) is 8.42 Å². The first-order chi connectivity index (χ1) is 14.4. The van der Waals surface area contributed by atoms with Crippen LogP contribution in [0, 0.1) is 6.92 Å². The van der Waals surface area contributed by atoms with Crippen LogP contribution in [-0.4, -0.2) is 27.4 Å². The van der Waals surface area contributed by atoms with Crippen molar-refractivity contribution >= 4 is 20.7 Å². The molecule has 0 bridgehead atoms. The summed E-state index contributed by atoms with van der Waals surface area (Å²) in [6.45, 7) is 5.26. The maximum atomic E-state index is 13.1. The Balaban J connectivity index is 1.72. The minimum Gasteiger partial charge on any atom is -0.348 e. The quantitative estimate of drug-likeness (QED) is 0.654. The Morgan fingerprint density at radius 1 is 0.967 bits per heavy atom. The average molecular weight is 446 g/mol. The van der Waals surface area contributed by atoms with Gasteiger partial charge in [0.25, 0.3) is 10.0 Å². The van der Waals surface area contributed by atoms with Gasteiger partial charge in [0.2, 0.25) is 0 Å². The summed E-state index contributed by atoms with van der Waals surface area (Å²) < 4.78 is 42.3. The molecule has 1 aliphatic carbocycles. The van der Waals surface area contributed by atoms with Crippen molar-refractivity contribution in [3.05, 3.63) is 70.6 Å². The fraction of sp³-hybridized carbons (Fsp3) is 0.391. The molecule has 2 aromatic carbocycles. The maximum absolute atomic E-state index is 13.1. The van der Waals surface area contributed by atoms with Crippen molar-refractivity contribution in [2.45, 2.75) is 55.1 Å². The molecule has 2 aromatic rings. The van der Waals surface area contributed by atoms with E-state index in [1.165, 1.54) is 5.57 Å². The van der Waals surface area contributed by atoms with Gasteiger partial charge in [-0.15, -0.1) is 3.77 Å². The molecule has 0 amide bonds. The van der Waals surface area contributed by atoms with Crippen LogP contribution < -0.4 is 0 Å². The Bertz CT molecular complexity index is 1060. The van der Waals surface area contributed by atoms with Crippen LogP contribution in [-0.2, 0) is 30.2 Å². The predicted molar refractivity (Wildman–Crippen MR) is 119 cm³/mol. The fourth-order valence-corrected chi connectivity index (χ4v) is 7.53. The molecule has 0 N–H and O–H groups in total. The summed E-state index contributed by atoms with van der Waals surface area (Å²) in [5, 5.41) is 0. The fourth-order valence-electron chi connectivity index (χ4n) is 3.88. The molecule has 30 heavy (non-hydrogen) atoms. The van der Waals surface area contributed by atoms with E-state index < -0.39 is 26.5 Å². The van der Waals surface area contributed by atoms with Crippen LogP contribution in [0.1, 0.15) is 38.2 Å². The minimum atomic E-state index is -3.78. The Morgan fingerprint density at radius 3 is 2.17 bits per heavy atom. The van der Waals surface area contributed by atoms with Gasteiger partial charge in [0.1, 0.15) is 0 Å². The monoisotopic (exact) mass is 445 g/mol. The molecule has 0 radical (unpaired) electrons. The van der Waals surface area contributed by atoms with Crippen molar-refractivity contribution in [3.8, 4) is 0 Å². The molecule has 2 fully saturated rings. The molecular weight excluding hydrogens is 418 g/mol. The highest BCUT2D eigenvalue weighted by atomic mass is 32.3. The van der Waals surface area contributed by atoms with Gasteiger partial charge in [-0.3, -0.25) is 0 Å². The zero-order valence-electron chi connectivity index (χ0n) is 17.3. The summed E-state index contributed by atoms with van der Waals surface area (Å²) in [6, 6.07) is 16.6. The summed E-state index contributed by atoms with van der Waals surface area (Å²) >= 11 is 0. The second kappa shape index (κ2) is 8.75. The highest BCUT2D eigenvalue weighted by Gasteiger charge is 2.39. The Kier molecular flexibility index (Phi) is 6.25. The number of rotatable bonds is 4. The zero-order chi connectivity index (χ0) is 21.2. The van der Waals surface area contributed by atoms with Gasteiger partial charge in [0, 0.05) is 17.7 Å². The highest BCUT2D eigenvalue weighted by molar-refractivity contribution is 8.02. The second-order valence-corrected chi connectivity index (χ2v) is 11.4. The van der Waals surface area contributed by atoms with Gasteiger partial charge in [-0.05, 0) is 66.6 Å². The number of hydrogen-bond acceptors (Lipinski definition) is 4. The zero-order valence-corrected chi connectivity index (χ0v) is 19.0. The van der Waals surface area contributed by atoms with E-state index in [2.05, 4.69) is 3.77 Å². The molecule has 1 unspecified atom stereocenters. The predicted octanol–water partition coefficient (Wildman–Crippen LogP) is 5.14. The summed E-state index contributed by atoms with van der Waals surface area (Å²) in [6.07, 6.45) is 3.28. The number of ether oxygens (including phenoxy) is 2. The van der Waals surface area contributed by atoms with Crippen LogP contribution >= 0.6 is 0 Å². The van der Waals surface area contributed by atoms with Gasteiger partial charge in [0.05, 0.1) is 18.1 Å². The smallest absolute Gasteiger partial charge is 0.288 e. The molecule has 1 aliphatic heterocycles. The third-order valence-corrected chi connectivity index (χ3v) is 9.51. The number of hydrogen-bond donors (Lipinski definition) is 0. The van der Waals surface area contributed by atoms with Crippen LogP contribution in [0.3, 0.4) is 0 Å². The minimum absolute atomic E-state index is 0.231. The molecule has 1 spiro atoms. The maximum Gasteiger partial charge on any atom is 0.288 e. The standard InChI is InChI=1S/C23H27NO4S2/c1-18-8-10-22(11-9-18)30(25,26)24-29(21-6-4-3-5-7-21)19(2)20-12-14-23(15-13-20)27-16-17-28-23/h3-11H,12-17H2,1-2H3. The Hall–Kier alpha value is -1.80. The van der Waals surface area contributed by atoms with E-state index in [0.717, 1.165) is 41.0 Å². The van der Waals surface area contributed by atoms with Crippen molar-refractivity contribution in [3.63, 3.8) is 0 Å². The lowest BCUT2D eigenvalue weighted by atomic mass is 9.89. The summed E-state index contributed by atoms with van der Waals surface area (Å²) in [5.41, 5.74) is 2.27. The molecule has 1 saturated heterocycles. The van der Waals surface area contributed by atoms with Crippen molar-refractivity contribution in [1.82, 2.24) is 0 Å². The molecule has 1 heterocycles. The first kappa shape index (κ1) is 21.4. The largest absolute Gasteiger partial charge is 0.348 e. The molecule has 160 valence electrons. The molecule has 0 aromatic heterocycles. The van der Waals surface area contributed by atoms with Gasteiger partial charge in [-0.1, -0.05) is 41.5 Å². The molecular formula is C23H27NO4S2. The Labute approximate surface area is 181 Å². The SMILES string of the molecule is CC(=C1CCC2(CC1)OCCO2)/S(=N/S(=O)(=O)c1ccc(C)cc1)c1ccccc1. The van der Waals surface area contributed by atoms with Crippen LogP contribution in [0.4, 0.5) is 0 Å². The summed E-state index contributed by atoms with van der Waals surface area (Å²) in [4.78, 5) is 2.17. The topological polar surface area (TPSA) is 65.0 Å². The highest BCUT2D eigenvalue weighted by Crippen LogP contribution is 2.40. The first-order valence-electron chi connectivity index (χ1n) is 10.2. The van der Waals surface area contributed by atoms with Crippen molar-refractivity contribution in [2.24, 2.45) is 3.77 Å². The van der Waals surface area contributed by atoms with Crippen molar-refractivity contribution in [2.75, 3.05) is 13.2 Å². The van der Waals surface area contributed by atoms with Crippen LogP contribution in [0.15, 0.2) is 78.6 Å². The lowest BCUT2D eigenvalue weighted by Gasteiger charge is -2.33. The summed E-state index contributed by atoms with van der Waals surface area (Å²) in [5.74, 6) is -0.444. The lowest BCUT2D eigenvalue weighted by molar-refractivity contribution is -0.171. The first-order valence-corrected chi connectivity index (χ1v) is 12.8. The summed E-state index contributed by atoms with van der Waals surface area (Å²) in [7, 11) is -4.66. The second-order valence-electron chi connectivity index (χ2n) is 7.73. The number of benzene rings is 2. The van der Waals surface area contributed by atoms with Crippen LogP contribution in [0.2, 0.25) is 0 Å². The van der Waals surface area contributed by atoms with Gasteiger partial charge < -0.3 is 9.47 Å². The number of aryl methyl sites for hydroxylation is 1. The molecule has 1 saturated carbocycles. The van der Waals surface area contributed by atoms with E-state index in [4.69, 9.17) is 9.47 Å². The van der Waals surface area contributed by atoms with Gasteiger partial charge in [-0.2, -0.15) is 8.42 Å². The van der Waals surface area contributed by atoms with E-state index in [-0.39, 0.29) is 4.90 Å². The number of allylic oxidation sites excluding steroid dienone is 2. The van der Waals surface area contributed by atoms with E-state index >= 15 is 0 Å². The van der Waals surface area contributed by atoms with E-state index in [1.54, 1.807) is 24.3 Å². The molecule has 5 nitrogen and oxygen atoms in total. The molecule has 1 atom stereocenters. The van der Waals surface area contributed by atoms with E-state index in [0.29, 0.717) is 13.2 Å². The molecule has 4 rings (SSSR count). The normalized spacial score (nSPS) is 19.9. The van der Waals surface area contributed by atoms with Gasteiger partial charge >= 0.3 is 0 Å². The van der Waals surface area contributed by atoms with Crippen molar-refractivity contribution in [1.29, 1.82) is 0 Å². The molecule has 7 heteroatoms. The number of nitrogens with zero attached hydrogens (tertiary/aromatic N) is 1. The third kappa shape index (κ3) is 4.59. The van der Waals surface area contributed by atoms with Crippen molar-refractivity contribution < 1.29 is 17.9 Å². The Morgan fingerprint density at radius 2 is 1.57 bits per heavy atom. The van der Waals surface area contributed by atoms with E-state index in [1.807, 2.05) is 44.2 Å². The van der Waals surface area contributed by atoms with Crippen LogP contribution in [0.5, 0.6) is 0 Å². The number of sulfonamides is 1. The van der Waals surface area contributed by atoms with Gasteiger partial charge in [0.15, 0.2) is 5.79 Å². The average Bonchev–Trinajstić information content (AvgIpc) is 3.21. The third-order valence-electron chi connectivity index (χ3n) is 5.67. The van der Waals surface area contributed by atoms with Gasteiger partial charge in [-0.25, -0.2) is 0 Å². The van der Waals surface area contributed by atoms with Crippen LogP contribution in [0.25, 0.3) is 0 Å².